The minimum absolute atomic E-state index is 0.00979. The van der Waals surface area contributed by atoms with Crippen LogP contribution in [0.3, 0.4) is 0 Å². The molecule has 14 heteroatoms. The summed E-state index contributed by atoms with van der Waals surface area (Å²) in [5, 5.41) is 28.9. The van der Waals surface area contributed by atoms with E-state index in [2.05, 4.69) is 21.3 Å². The molecule has 244 valence electrons. The lowest BCUT2D eigenvalue weighted by Gasteiger charge is -2.37. The molecule has 2 aromatic carbocycles. The first kappa shape index (κ1) is 33.6. The second kappa shape index (κ2) is 15.1. The number of hydrogen-bond donors (Lipinski definition) is 6. The van der Waals surface area contributed by atoms with Crippen LogP contribution in [-0.4, -0.2) is 88.2 Å². The van der Waals surface area contributed by atoms with Gasteiger partial charge in [0.05, 0.1) is 19.0 Å². The number of carboxylic acids is 2. The minimum atomic E-state index is -1.31. The van der Waals surface area contributed by atoms with Crippen molar-refractivity contribution in [3.05, 3.63) is 64.7 Å². The van der Waals surface area contributed by atoms with Crippen molar-refractivity contribution in [1.82, 2.24) is 20.9 Å². The number of carbonyl (C=O) groups excluding carboxylic acids is 5. The summed E-state index contributed by atoms with van der Waals surface area (Å²) < 4.78 is 0. The number of amides is 4. The molecule has 4 amide bonds. The van der Waals surface area contributed by atoms with Crippen molar-refractivity contribution in [3.8, 4) is 0 Å². The van der Waals surface area contributed by atoms with Crippen molar-refractivity contribution in [1.29, 1.82) is 0 Å². The highest BCUT2D eigenvalue weighted by molar-refractivity contribution is 5.95. The third kappa shape index (κ3) is 8.46. The van der Waals surface area contributed by atoms with Crippen LogP contribution in [0.4, 0.5) is 5.69 Å². The summed E-state index contributed by atoms with van der Waals surface area (Å²) in [6, 6.07) is 8.50. The molecule has 46 heavy (non-hydrogen) atoms. The van der Waals surface area contributed by atoms with Gasteiger partial charge < -0.3 is 41.2 Å². The van der Waals surface area contributed by atoms with Gasteiger partial charge >= 0.3 is 11.9 Å². The molecule has 0 radical (unpaired) electrons. The number of hydrogen-bond acceptors (Lipinski definition) is 8. The average molecular weight is 636 g/mol. The zero-order valence-electron chi connectivity index (χ0n) is 25.3. The molecule has 0 fully saturated rings. The molecule has 2 aliphatic heterocycles. The maximum absolute atomic E-state index is 13.5. The zero-order chi connectivity index (χ0) is 33.4. The van der Waals surface area contributed by atoms with E-state index in [9.17, 15) is 33.6 Å². The Bertz CT molecular complexity index is 1500. The molecule has 2 heterocycles. The van der Waals surface area contributed by atoms with Crippen LogP contribution in [-0.2, 0) is 46.4 Å². The van der Waals surface area contributed by atoms with Crippen molar-refractivity contribution in [2.75, 3.05) is 18.4 Å². The fraction of sp³-hybridized carbons (Fsp3) is 0.406. The second-order valence-electron chi connectivity index (χ2n) is 11.4. The number of rotatable bonds is 14. The van der Waals surface area contributed by atoms with E-state index in [0.717, 1.165) is 22.4 Å². The molecule has 4 rings (SSSR count). The van der Waals surface area contributed by atoms with Gasteiger partial charge in [-0.05, 0) is 48.9 Å². The predicted octanol–water partition coefficient (Wildman–Crippen LogP) is 0.472. The molecule has 0 saturated heterocycles. The van der Waals surface area contributed by atoms with Crippen molar-refractivity contribution in [3.63, 3.8) is 0 Å². The molecular weight excluding hydrogens is 598 g/mol. The molecule has 0 aliphatic carbocycles. The number of aldehydes is 1. The molecule has 6 N–H and O–H groups in total. The number of nitrogens with zero attached hydrogens (tertiary/aromatic N) is 1. The first-order valence-corrected chi connectivity index (χ1v) is 15.0. The highest BCUT2D eigenvalue weighted by atomic mass is 16.4. The van der Waals surface area contributed by atoms with Crippen LogP contribution in [0.5, 0.6) is 0 Å². The van der Waals surface area contributed by atoms with Gasteiger partial charge in [0.25, 0.3) is 0 Å². The van der Waals surface area contributed by atoms with E-state index in [-0.39, 0.29) is 25.8 Å². The summed E-state index contributed by atoms with van der Waals surface area (Å²) >= 11 is 0. The number of nitrogens with one attached hydrogen (secondary N) is 4. The highest BCUT2D eigenvalue weighted by Gasteiger charge is 2.37. The number of aliphatic carboxylic acids is 2. The molecule has 0 unspecified atom stereocenters. The molecule has 4 atom stereocenters. The molecule has 14 nitrogen and oxygen atoms in total. The number of para-hydroxylation sites is 1. The van der Waals surface area contributed by atoms with E-state index < -0.39 is 72.7 Å². The quantitative estimate of drug-likeness (QED) is 0.158. The molecular formula is C32H37N5O9. The van der Waals surface area contributed by atoms with Gasteiger partial charge in [0.2, 0.25) is 23.6 Å². The first-order chi connectivity index (χ1) is 22.0. The van der Waals surface area contributed by atoms with Crippen molar-refractivity contribution >= 4 is 47.5 Å². The van der Waals surface area contributed by atoms with E-state index in [4.69, 9.17) is 10.2 Å². The molecule has 2 aliphatic rings. The van der Waals surface area contributed by atoms with E-state index in [1.807, 2.05) is 37.3 Å². The van der Waals surface area contributed by atoms with Gasteiger partial charge in [-0.15, -0.1) is 0 Å². The van der Waals surface area contributed by atoms with Crippen molar-refractivity contribution in [2.45, 2.75) is 69.6 Å². The van der Waals surface area contributed by atoms with E-state index in [1.54, 1.807) is 12.1 Å². The predicted molar refractivity (Wildman–Crippen MR) is 164 cm³/mol. The van der Waals surface area contributed by atoms with Crippen molar-refractivity contribution in [2.24, 2.45) is 0 Å². The van der Waals surface area contributed by atoms with Gasteiger partial charge in [-0.3, -0.25) is 28.8 Å². The Labute approximate surface area is 264 Å². The van der Waals surface area contributed by atoms with Crippen LogP contribution in [0.15, 0.2) is 42.5 Å². The molecule has 0 bridgehead atoms. The summed E-state index contributed by atoms with van der Waals surface area (Å²) in [5.74, 6) is -4.86. The van der Waals surface area contributed by atoms with Gasteiger partial charge in [-0.25, -0.2) is 0 Å². The number of anilines is 1. The van der Waals surface area contributed by atoms with Crippen LogP contribution in [0.1, 0.15) is 54.0 Å². The lowest BCUT2D eigenvalue weighted by molar-refractivity contribution is -0.143. The lowest BCUT2D eigenvalue weighted by atomic mass is 9.90. The number of fused-ring (bicyclic) bond motifs is 2. The topological polar surface area (TPSA) is 211 Å². The van der Waals surface area contributed by atoms with Crippen LogP contribution in [0.25, 0.3) is 0 Å². The fourth-order valence-corrected chi connectivity index (χ4v) is 5.73. The van der Waals surface area contributed by atoms with Gasteiger partial charge in [0.1, 0.15) is 24.4 Å². The highest BCUT2D eigenvalue weighted by Crippen LogP contribution is 2.31. The fourth-order valence-electron chi connectivity index (χ4n) is 5.73. The standard InChI is InChI=1S/C32H37N5O9/c1-18-9-10-22-19(13-18)11-12-37(29(22)32(46)34-21(17-38)15-28(42)43)26(39)16-33-30(44)24(7-4-8-27(40)41)36-31(45)25-14-20-5-2-3-6-23(20)35-25/h2-3,5-6,9-10,13,17,21,24-25,29,35H,4,7-8,11-12,14-16H2,1H3,(H,33,44)(H,34,46)(H,36,45)(H,40,41)(H,42,43)/t21-,24-,25-,29-/m0/s1. The summed E-state index contributed by atoms with van der Waals surface area (Å²) in [7, 11) is 0. The molecule has 0 saturated carbocycles. The molecule has 0 aromatic heterocycles. The number of aryl methyl sites for hydroxylation is 1. The van der Waals surface area contributed by atoms with Crippen LogP contribution in [0, 0.1) is 6.92 Å². The summed E-state index contributed by atoms with van der Waals surface area (Å²) in [6.07, 6.45) is 0.381. The molecule has 2 aromatic rings. The van der Waals surface area contributed by atoms with Gasteiger partial charge in [0.15, 0.2) is 0 Å². The SMILES string of the molecule is Cc1ccc2c(c1)CCN(C(=O)CNC(=O)[C@H](CCCC(=O)O)NC(=O)[C@@H]1Cc3ccccc3N1)[C@@H]2C(=O)N[C@H](C=O)CC(=O)O. The third-order valence-corrected chi connectivity index (χ3v) is 8.00. The Morgan fingerprint density at radius 1 is 1.00 bits per heavy atom. The Morgan fingerprint density at radius 2 is 1.76 bits per heavy atom. The largest absolute Gasteiger partial charge is 0.481 e. The summed E-state index contributed by atoms with van der Waals surface area (Å²) in [6.45, 7) is 1.46. The number of carboxylic acid groups (broad SMARTS) is 2. The summed E-state index contributed by atoms with van der Waals surface area (Å²) in [5.41, 5.74) is 4.02. The smallest absolute Gasteiger partial charge is 0.305 e. The third-order valence-electron chi connectivity index (χ3n) is 8.00. The maximum atomic E-state index is 13.5. The minimum Gasteiger partial charge on any atom is -0.481 e. The molecule has 0 spiro atoms. The summed E-state index contributed by atoms with van der Waals surface area (Å²) in [4.78, 5) is 88.3. The number of benzene rings is 2. The maximum Gasteiger partial charge on any atom is 0.305 e. The lowest BCUT2D eigenvalue weighted by Crippen LogP contribution is -2.54. The van der Waals surface area contributed by atoms with Gasteiger partial charge in [-0.1, -0.05) is 42.0 Å². The van der Waals surface area contributed by atoms with Crippen LogP contribution in [0.2, 0.25) is 0 Å². The Kier molecular flexibility index (Phi) is 11.1. The van der Waals surface area contributed by atoms with Gasteiger partial charge in [-0.2, -0.15) is 0 Å². The Hall–Kier alpha value is -5.27. The normalized spacial score (nSPS) is 17.7. The second-order valence-corrected chi connectivity index (χ2v) is 11.4. The first-order valence-electron chi connectivity index (χ1n) is 15.0. The Morgan fingerprint density at radius 3 is 2.46 bits per heavy atom. The van der Waals surface area contributed by atoms with E-state index in [1.165, 1.54) is 4.90 Å². The van der Waals surface area contributed by atoms with Gasteiger partial charge in [0, 0.05) is 25.1 Å². The number of carbonyl (C=O) groups is 7. The van der Waals surface area contributed by atoms with E-state index in [0.29, 0.717) is 24.7 Å². The van der Waals surface area contributed by atoms with Crippen molar-refractivity contribution < 1.29 is 43.8 Å². The zero-order valence-corrected chi connectivity index (χ0v) is 25.3. The Balaban J connectivity index is 1.45. The average Bonchev–Trinajstić information content (AvgIpc) is 3.46. The van der Waals surface area contributed by atoms with Crippen LogP contribution < -0.4 is 21.3 Å². The monoisotopic (exact) mass is 635 g/mol. The van der Waals surface area contributed by atoms with E-state index >= 15 is 0 Å². The van der Waals surface area contributed by atoms with Crippen LogP contribution >= 0.6 is 0 Å².